The lowest BCUT2D eigenvalue weighted by atomic mass is 9.80. The highest BCUT2D eigenvalue weighted by Gasteiger charge is 2.39. The highest BCUT2D eigenvalue weighted by atomic mass is 32.2. The second-order valence-corrected chi connectivity index (χ2v) is 14.4. The van der Waals surface area contributed by atoms with Crippen molar-refractivity contribution in [2.45, 2.75) is 94.8 Å². The van der Waals surface area contributed by atoms with E-state index in [4.69, 9.17) is 5.11 Å². The lowest BCUT2D eigenvalue weighted by Crippen LogP contribution is -2.46. The fourth-order valence-electron chi connectivity index (χ4n) is 5.25. The Morgan fingerprint density at radius 2 is 1.75 bits per heavy atom. The van der Waals surface area contributed by atoms with Crippen molar-refractivity contribution in [1.29, 1.82) is 0 Å². The first-order chi connectivity index (χ1) is 18.5. The van der Waals surface area contributed by atoms with Crippen molar-refractivity contribution in [1.82, 2.24) is 15.0 Å². The van der Waals surface area contributed by atoms with Gasteiger partial charge in [0.25, 0.3) is 5.91 Å². The fourth-order valence-corrected chi connectivity index (χ4v) is 7.87. The van der Waals surface area contributed by atoms with Gasteiger partial charge in [0.05, 0.1) is 26.9 Å². The molecule has 3 N–H and O–H groups in total. The Kier molecular flexibility index (Phi) is 8.68. The Balaban J connectivity index is 1.71. The molecule has 0 aliphatic heterocycles. The Morgan fingerprint density at radius 3 is 2.33 bits per heavy atom. The van der Waals surface area contributed by atoms with Gasteiger partial charge in [-0.3, -0.25) is 9.59 Å². The molecular weight excluding hydrogens is 567 g/mol. The van der Waals surface area contributed by atoms with Crippen LogP contribution < -0.4 is 10.0 Å². The van der Waals surface area contributed by atoms with Gasteiger partial charge in [-0.25, -0.2) is 18.1 Å². The quantitative estimate of drug-likeness (QED) is 0.361. The molecule has 13 heteroatoms. The molecule has 8 nitrogen and oxygen atoms in total. The lowest BCUT2D eigenvalue weighted by molar-refractivity contribution is -0.145. The normalized spacial score (nSPS) is 20.6. The van der Waals surface area contributed by atoms with Gasteiger partial charge in [0.2, 0.25) is 10.0 Å². The molecular formula is C27H34F3N3O5S2. The zero-order valence-corrected chi connectivity index (χ0v) is 24.2. The molecule has 0 bridgehead atoms. The monoisotopic (exact) mass is 601 g/mol. The van der Waals surface area contributed by atoms with Gasteiger partial charge in [-0.15, -0.1) is 11.3 Å². The zero-order valence-electron chi connectivity index (χ0n) is 22.6. The van der Waals surface area contributed by atoms with Gasteiger partial charge in [0.15, 0.2) is 5.01 Å². The van der Waals surface area contributed by atoms with Crippen LogP contribution in [0.4, 0.5) is 13.2 Å². The molecule has 1 aromatic carbocycles. The summed E-state index contributed by atoms with van der Waals surface area (Å²) in [6.07, 6.45) is 1.31. The molecule has 2 saturated carbocycles. The summed E-state index contributed by atoms with van der Waals surface area (Å²) in [4.78, 5) is 28.1. The zero-order chi connectivity index (χ0) is 29.5. The average Bonchev–Trinajstić information content (AvgIpc) is 3.22. The van der Waals surface area contributed by atoms with Crippen LogP contribution in [0, 0.1) is 11.8 Å². The number of amides is 1. The second-order valence-electron chi connectivity index (χ2n) is 11.7. The third-order valence-corrected chi connectivity index (χ3v) is 10.2. The summed E-state index contributed by atoms with van der Waals surface area (Å²) in [6.45, 7) is 4.62. The van der Waals surface area contributed by atoms with Crippen molar-refractivity contribution < 1.29 is 36.3 Å². The molecule has 2 fully saturated rings. The molecule has 0 radical (unpaired) electrons. The molecule has 0 atom stereocenters. The first-order valence-corrected chi connectivity index (χ1v) is 15.6. The molecule has 2 aromatic rings. The predicted octanol–water partition coefficient (Wildman–Crippen LogP) is 5.62. The number of aromatic nitrogens is 1. The highest BCUT2D eigenvalue weighted by molar-refractivity contribution is 7.89. The van der Waals surface area contributed by atoms with Gasteiger partial charge < -0.3 is 10.4 Å². The van der Waals surface area contributed by atoms with Crippen LogP contribution in [0.5, 0.6) is 0 Å². The van der Waals surface area contributed by atoms with E-state index in [9.17, 15) is 31.2 Å². The second kappa shape index (κ2) is 11.4. The fraction of sp³-hybridized carbons (Fsp3) is 0.593. The number of sulfonamides is 1. The van der Waals surface area contributed by atoms with Gasteiger partial charge in [-0.1, -0.05) is 38.2 Å². The largest absolute Gasteiger partial charge is 0.481 e. The smallest absolute Gasteiger partial charge is 0.417 e. The van der Waals surface area contributed by atoms with E-state index in [2.05, 4.69) is 15.0 Å². The predicted molar refractivity (Wildman–Crippen MR) is 145 cm³/mol. The van der Waals surface area contributed by atoms with E-state index in [1.54, 1.807) is 20.8 Å². The van der Waals surface area contributed by atoms with E-state index >= 15 is 0 Å². The molecule has 2 aliphatic rings. The summed E-state index contributed by atoms with van der Waals surface area (Å²) < 4.78 is 70.6. The standard InChI is InChI=1S/C27H34F3N3O5S2/c1-26(2,3)33-40(37,38)21-10-9-16(14-19(21)27(28,29)30)22-20(11-15-7-5-4-6-8-15)32-24(39-22)23(34)31-18-12-17(13-18)25(35)36/h9-10,14-15,17-18,33H,4-8,11-13H2,1-3H3,(H,31,34)(H,35,36)/t17-,18-. The van der Waals surface area contributed by atoms with Crippen molar-refractivity contribution in [2.24, 2.45) is 11.8 Å². The Morgan fingerprint density at radius 1 is 1.10 bits per heavy atom. The van der Waals surface area contributed by atoms with E-state index in [-0.39, 0.29) is 22.5 Å². The number of nitrogens with one attached hydrogen (secondary N) is 2. The SMILES string of the molecule is CC(C)(C)NS(=O)(=O)c1ccc(-c2sc(C(=O)N[C@H]3C[C@H](C(=O)O)C3)nc2CC2CCCCC2)cc1C(F)(F)F. The average molecular weight is 602 g/mol. The molecule has 1 heterocycles. The molecule has 40 heavy (non-hydrogen) atoms. The van der Waals surface area contributed by atoms with Crippen molar-refractivity contribution in [3.63, 3.8) is 0 Å². The van der Waals surface area contributed by atoms with Gasteiger partial charge >= 0.3 is 12.1 Å². The first kappa shape index (κ1) is 30.4. The van der Waals surface area contributed by atoms with Gasteiger partial charge in [0.1, 0.15) is 0 Å². The number of aliphatic carboxylic acids is 1. The van der Waals surface area contributed by atoms with Crippen LogP contribution in [0.3, 0.4) is 0 Å². The summed E-state index contributed by atoms with van der Waals surface area (Å²) in [5.74, 6) is -1.64. The summed E-state index contributed by atoms with van der Waals surface area (Å²) >= 11 is 0.964. The molecule has 2 aliphatic carbocycles. The van der Waals surface area contributed by atoms with Crippen molar-refractivity contribution in [2.75, 3.05) is 0 Å². The van der Waals surface area contributed by atoms with Crippen LogP contribution in [0.25, 0.3) is 10.4 Å². The minimum atomic E-state index is -4.95. The van der Waals surface area contributed by atoms with E-state index in [0.717, 1.165) is 55.6 Å². The Bertz CT molecular complexity index is 1370. The van der Waals surface area contributed by atoms with Gasteiger partial charge in [-0.05, 0) is 63.6 Å². The molecule has 220 valence electrons. The minimum Gasteiger partial charge on any atom is -0.481 e. The van der Waals surface area contributed by atoms with Crippen LogP contribution >= 0.6 is 11.3 Å². The first-order valence-electron chi connectivity index (χ1n) is 13.3. The minimum absolute atomic E-state index is 0.0826. The van der Waals surface area contributed by atoms with Crippen molar-refractivity contribution in [3.05, 3.63) is 34.5 Å². The lowest BCUT2D eigenvalue weighted by Gasteiger charge is -2.32. The van der Waals surface area contributed by atoms with Crippen LogP contribution in [0.1, 0.15) is 86.8 Å². The number of carbonyl (C=O) groups excluding carboxylic acids is 1. The number of hydrogen-bond acceptors (Lipinski definition) is 6. The van der Waals surface area contributed by atoms with Crippen LogP contribution in [0.2, 0.25) is 0 Å². The number of nitrogens with zero attached hydrogens (tertiary/aromatic N) is 1. The third kappa shape index (κ3) is 7.22. The molecule has 4 rings (SSSR count). The van der Waals surface area contributed by atoms with E-state index in [1.165, 1.54) is 6.07 Å². The Labute approximate surface area is 235 Å². The number of thiazole rings is 1. The number of carboxylic acids is 1. The number of carbonyl (C=O) groups is 2. The maximum Gasteiger partial charge on any atom is 0.417 e. The van der Waals surface area contributed by atoms with E-state index in [0.29, 0.717) is 29.8 Å². The molecule has 1 amide bonds. The number of halogens is 3. The summed E-state index contributed by atoms with van der Waals surface area (Å²) in [6, 6.07) is 2.80. The molecule has 0 unspecified atom stereocenters. The topological polar surface area (TPSA) is 125 Å². The Hall–Kier alpha value is -2.51. The summed E-state index contributed by atoms with van der Waals surface area (Å²) in [5, 5.41) is 11.9. The maximum absolute atomic E-state index is 14.2. The van der Waals surface area contributed by atoms with E-state index in [1.807, 2.05) is 0 Å². The van der Waals surface area contributed by atoms with Crippen LogP contribution in [-0.2, 0) is 27.4 Å². The highest BCUT2D eigenvalue weighted by Crippen LogP contribution is 2.41. The molecule has 0 saturated heterocycles. The number of rotatable bonds is 8. The van der Waals surface area contributed by atoms with E-state index < -0.39 is 50.0 Å². The third-order valence-electron chi connectivity index (χ3n) is 7.20. The number of alkyl halides is 3. The number of benzene rings is 1. The van der Waals surface area contributed by atoms with Crippen molar-refractivity contribution in [3.8, 4) is 10.4 Å². The van der Waals surface area contributed by atoms with Crippen molar-refractivity contribution >= 4 is 33.2 Å². The molecule has 0 spiro atoms. The molecule has 1 aromatic heterocycles. The van der Waals surface area contributed by atoms with Gasteiger partial charge in [0, 0.05) is 11.6 Å². The van der Waals surface area contributed by atoms with Crippen LogP contribution in [0.15, 0.2) is 23.1 Å². The van der Waals surface area contributed by atoms with Gasteiger partial charge in [-0.2, -0.15) is 13.2 Å². The maximum atomic E-state index is 14.2. The summed E-state index contributed by atoms with van der Waals surface area (Å²) in [5.41, 5.74) is -1.63. The number of carboxylic acid groups (broad SMARTS) is 1. The summed E-state index contributed by atoms with van der Waals surface area (Å²) in [7, 11) is -4.48. The van der Waals surface area contributed by atoms with Crippen LogP contribution in [-0.4, -0.2) is 42.0 Å². The number of hydrogen-bond donors (Lipinski definition) is 3.